The zero-order chi connectivity index (χ0) is 19.2. The molecule has 1 fully saturated rings. The maximum Gasteiger partial charge on any atom is 0.240 e. The summed E-state index contributed by atoms with van der Waals surface area (Å²) in [5, 5.41) is 6.86. The number of piperidine rings is 1. The molecule has 0 unspecified atom stereocenters. The van der Waals surface area contributed by atoms with Crippen LogP contribution < -0.4 is 10.1 Å². The molecule has 7 heteroatoms. The Morgan fingerprint density at radius 2 is 2.26 bits per heavy atom. The molecular weight excluding hydrogens is 344 g/mol. The van der Waals surface area contributed by atoms with Crippen molar-refractivity contribution in [3.05, 3.63) is 35.5 Å². The lowest BCUT2D eigenvalue weighted by Crippen LogP contribution is -2.35. The summed E-state index contributed by atoms with van der Waals surface area (Å²) < 4.78 is 10.4. The highest BCUT2D eigenvalue weighted by atomic mass is 16.5. The number of nitrogens with one attached hydrogen (secondary N) is 1. The molecule has 0 saturated carbocycles. The Morgan fingerprint density at radius 3 is 2.96 bits per heavy atom. The highest BCUT2D eigenvalue weighted by molar-refractivity contribution is 5.91. The van der Waals surface area contributed by atoms with Gasteiger partial charge in [-0.25, -0.2) is 0 Å². The van der Waals surface area contributed by atoms with Crippen molar-refractivity contribution in [2.75, 3.05) is 25.5 Å². The maximum absolute atomic E-state index is 12.3. The number of aryl methyl sites for hydroxylation is 2. The first kappa shape index (κ1) is 19.4. The molecule has 1 aromatic heterocycles. The zero-order valence-electron chi connectivity index (χ0n) is 16.3. The van der Waals surface area contributed by atoms with Crippen LogP contribution in [-0.4, -0.2) is 41.1 Å². The number of ether oxygens (including phenoxy) is 1. The molecule has 0 radical (unpaired) electrons. The first-order valence-corrected chi connectivity index (χ1v) is 9.49. The van der Waals surface area contributed by atoms with E-state index in [0.29, 0.717) is 30.6 Å². The first-order valence-electron chi connectivity index (χ1n) is 9.49. The predicted octanol–water partition coefficient (Wildman–Crippen LogP) is 3.33. The molecular formula is C20H28N4O3. The maximum atomic E-state index is 12.3. The molecule has 27 heavy (non-hydrogen) atoms. The number of anilines is 1. The number of rotatable bonds is 7. The lowest BCUT2D eigenvalue weighted by atomic mass is 9.93. The molecule has 2 heterocycles. The lowest BCUT2D eigenvalue weighted by molar-refractivity contribution is -0.116. The summed E-state index contributed by atoms with van der Waals surface area (Å²) in [4.78, 5) is 19.0. The molecule has 1 aromatic carbocycles. The molecule has 1 atom stereocenters. The molecule has 0 spiro atoms. The van der Waals surface area contributed by atoms with Crippen molar-refractivity contribution in [2.24, 2.45) is 5.92 Å². The molecule has 3 rings (SSSR count). The molecule has 1 aliphatic rings. The highest BCUT2D eigenvalue weighted by Crippen LogP contribution is 2.24. The summed E-state index contributed by atoms with van der Waals surface area (Å²) in [6.45, 7) is 6.49. The largest absolute Gasteiger partial charge is 0.497 e. The van der Waals surface area contributed by atoms with E-state index < -0.39 is 0 Å². The van der Waals surface area contributed by atoms with Gasteiger partial charge in [-0.05, 0) is 69.3 Å². The van der Waals surface area contributed by atoms with Crippen molar-refractivity contribution >= 4 is 11.6 Å². The number of carbonyl (C=O) groups excluding carboxylic acids is 1. The Hall–Kier alpha value is -2.41. The quantitative estimate of drug-likeness (QED) is 0.803. The van der Waals surface area contributed by atoms with Crippen molar-refractivity contribution in [1.29, 1.82) is 0 Å². The molecule has 0 aliphatic carbocycles. The van der Waals surface area contributed by atoms with Crippen LogP contribution in [0.25, 0.3) is 0 Å². The number of benzene rings is 1. The van der Waals surface area contributed by atoms with Crippen molar-refractivity contribution in [3.63, 3.8) is 0 Å². The van der Waals surface area contributed by atoms with Crippen LogP contribution in [0.2, 0.25) is 0 Å². The smallest absolute Gasteiger partial charge is 0.240 e. The van der Waals surface area contributed by atoms with Crippen LogP contribution >= 0.6 is 0 Å². The van der Waals surface area contributed by atoms with Crippen LogP contribution in [0.1, 0.15) is 43.0 Å². The van der Waals surface area contributed by atoms with E-state index in [9.17, 15) is 4.79 Å². The molecule has 1 N–H and O–H groups in total. The van der Waals surface area contributed by atoms with Gasteiger partial charge in [0.25, 0.3) is 0 Å². The molecule has 2 aromatic rings. The second-order valence-electron chi connectivity index (χ2n) is 7.25. The van der Waals surface area contributed by atoms with E-state index in [1.165, 1.54) is 0 Å². The standard InChI is InChI=1S/C20H28N4O3/c1-14-11-17(26-3)7-8-18(14)22-19(25)9-6-16-5-4-10-24(12-16)13-20-21-15(2)23-27-20/h7-8,11,16H,4-6,9-10,12-13H2,1-3H3,(H,22,25)/t16-/m1/s1. The normalized spacial score (nSPS) is 17.7. The van der Waals surface area contributed by atoms with Crippen LogP contribution in [-0.2, 0) is 11.3 Å². The van der Waals surface area contributed by atoms with Gasteiger partial charge in [0, 0.05) is 18.7 Å². The van der Waals surface area contributed by atoms with Gasteiger partial charge in [-0.3, -0.25) is 9.69 Å². The van der Waals surface area contributed by atoms with E-state index in [2.05, 4.69) is 20.4 Å². The van der Waals surface area contributed by atoms with Crippen molar-refractivity contribution < 1.29 is 14.1 Å². The first-order chi connectivity index (χ1) is 13.0. The van der Waals surface area contributed by atoms with Gasteiger partial charge < -0.3 is 14.6 Å². The number of likely N-dealkylation sites (tertiary alicyclic amines) is 1. The predicted molar refractivity (Wildman–Crippen MR) is 103 cm³/mol. The van der Waals surface area contributed by atoms with Crippen molar-refractivity contribution in [1.82, 2.24) is 15.0 Å². The second kappa shape index (κ2) is 8.99. The van der Waals surface area contributed by atoms with Crippen LogP contribution in [0.5, 0.6) is 5.75 Å². The van der Waals surface area contributed by atoms with Gasteiger partial charge in [-0.15, -0.1) is 0 Å². The molecule has 1 aliphatic heterocycles. The Labute approximate surface area is 160 Å². The molecule has 0 bridgehead atoms. The number of amides is 1. The monoisotopic (exact) mass is 372 g/mol. The van der Waals surface area contributed by atoms with E-state index in [-0.39, 0.29) is 5.91 Å². The van der Waals surface area contributed by atoms with Crippen LogP contribution in [0.4, 0.5) is 5.69 Å². The van der Waals surface area contributed by atoms with Gasteiger partial charge in [0.05, 0.1) is 13.7 Å². The van der Waals surface area contributed by atoms with Crippen LogP contribution in [0.3, 0.4) is 0 Å². The van der Waals surface area contributed by atoms with Gasteiger partial charge in [0.15, 0.2) is 5.82 Å². The minimum Gasteiger partial charge on any atom is -0.497 e. The average Bonchev–Trinajstić information content (AvgIpc) is 3.06. The number of nitrogens with zero attached hydrogens (tertiary/aromatic N) is 3. The van der Waals surface area contributed by atoms with Gasteiger partial charge in [-0.1, -0.05) is 5.16 Å². The van der Waals surface area contributed by atoms with E-state index in [1.807, 2.05) is 32.0 Å². The summed E-state index contributed by atoms with van der Waals surface area (Å²) in [6.07, 6.45) is 3.72. The minimum absolute atomic E-state index is 0.0629. The van der Waals surface area contributed by atoms with Gasteiger partial charge >= 0.3 is 0 Å². The van der Waals surface area contributed by atoms with Gasteiger partial charge in [0.1, 0.15) is 5.75 Å². The zero-order valence-corrected chi connectivity index (χ0v) is 16.3. The Kier molecular flexibility index (Phi) is 6.45. The third kappa shape index (κ3) is 5.53. The number of carbonyl (C=O) groups is 1. The topological polar surface area (TPSA) is 80.5 Å². The molecule has 1 amide bonds. The van der Waals surface area contributed by atoms with E-state index in [4.69, 9.17) is 9.26 Å². The van der Waals surface area contributed by atoms with Gasteiger partial charge in [0.2, 0.25) is 11.8 Å². The summed E-state index contributed by atoms with van der Waals surface area (Å²) in [6, 6.07) is 5.68. The third-order valence-corrected chi connectivity index (χ3v) is 5.02. The van der Waals surface area contributed by atoms with E-state index in [1.54, 1.807) is 7.11 Å². The number of aromatic nitrogens is 2. The fourth-order valence-electron chi connectivity index (χ4n) is 3.58. The third-order valence-electron chi connectivity index (χ3n) is 5.02. The van der Waals surface area contributed by atoms with Crippen molar-refractivity contribution in [2.45, 2.75) is 46.1 Å². The Morgan fingerprint density at radius 1 is 1.41 bits per heavy atom. The Balaban J connectivity index is 1.45. The van der Waals surface area contributed by atoms with E-state index >= 15 is 0 Å². The Bertz CT molecular complexity index is 774. The number of methoxy groups -OCH3 is 1. The SMILES string of the molecule is COc1ccc(NC(=O)CC[C@H]2CCCN(Cc3nc(C)no3)C2)c(C)c1. The fourth-order valence-corrected chi connectivity index (χ4v) is 3.58. The number of hydrogen-bond donors (Lipinski definition) is 1. The average molecular weight is 372 g/mol. The highest BCUT2D eigenvalue weighted by Gasteiger charge is 2.22. The van der Waals surface area contributed by atoms with E-state index in [0.717, 1.165) is 49.4 Å². The summed E-state index contributed by atoms with van der Waals surface area (Å²) in [5.74, 6) is 2.72. The second-order valence-corrected chi connectivity index (χ2v) is 7.25. The summed E-state index contributed by atoms with van der Waals surface area (Å²) in [7, 11) is 1.64. The molecule has 7 nitrogen and oxygen atoms in total. The number of hydrogen-bond acceptors (Lipinski definition) is 6. The van der Waals surface area contributed by atoms with Crippen LogP contribution in [0.15, 0.2) is 22.7 Å². The fraction of sp³-hybridized carbons (Fsp3) is 0.550. The van der Waals surface area contributed by atoms with Crippen LogP contribution in [0, 0.1) is 19.8 Å². The van der Waals surface area contributed by atoms with Gasteiger partial charge in [-0.2, -0.15) is 4.98 Å². The summed E-state index contributed by atoms with van der Waals surface area (Å²) in [5.41, 5.74) is 1.85. The van der Waals surface area contributed by atoms with Crippen molar-refractivity contribution in [3.8, 4) is 5.75 Å². The lowest BCUT2D eigenvalue weighted by Gasteiger charge is -2.31. The molecule has 146 valence electrons. The minimum atomic E-state index is 0.0629. The summed E-state index contributed by atoms with van der Waals surface area (Å²) >= 11 is 0. The molecule has 1 saturated heterocycles.